The number of hydrogen-bond donors (Lipinski definition) is 1. The van der Waals surface area contributed by atoms with Gasteiger partial charge in [0, 0.05) is 6.42 Å². The number of carbonyl (C=O) groups excluding carboxylic acids is 1. The molecule has 80 valence electrons. The summed E-state index contributed by atoms with van der Waals surface area (Å²) in [5.41, 5.74) is 0. The Bertz CT molecular complexity index is 143. The van der Waals surface area contributed by atoms with Gasteiger partial charge >= 0.3 is 0 Å². The molecule has 0 unspecified atom stereocenters. The minimum absolute atomic E-state index is 0. The van der Waals surface area contributed by atoms with Crippen LogP contribution in [-0.4, -0.2) is 44.6 Å². The summed E-state index contributed by atoms with van der Waals surface area (Å²) in [7, 11) is 6.35. The smallest absolute Gasteiger partial charge is 0.220 e. The summed E-state index contributed by atoms with van der Waals surface area (Å²) in [6, 6.07) is 0. The minimum atomic E-state index is 0. The molecule has 0 fully saturated rings. The van der Waals surface area contributed by atoms with Crippen LogP contribution in [0.3, 0.4) is 0 Å². The van der Waals surface area contributed by atoms with Crippen molar-refractivity contribution in [3.05, 3.63) is 0 Å². The van der Waals surface area contributed by atoms with Crippen LogP contribution in [0.4, 0.5) is 0 Å². The van der Waals surface area contributed by atoms with Crippen molar-refractivity contribution in [2.24, 2.45) is 0 Å². The second-order valence-electron chi connectivity index (χ2n) is 4.11. The molecule has 0 saturated heterocycles. The van der Waals surface area contributed by atoms with E-state index in [2.05, 4.69) is 26.5 Å². The van der Waals surface area contributed by atoms with E-state index in [1.165, 1.54) is 0 Å². The fourth-order valence-corrected chi connectivity index (χ4v) is 0.846. The van der Waals surface area contributed by atoms with E-state index < -0.39 is 0 Å². The number of hydrogen-bond acceptors (Lipinski definition) is 1. The van der Waals surface area contributed by atoms with E-state index in [0.29, 0.717) is 6.42 Å². The summed E-state index contributed by atoms with van der Waals surface area (Å²) >= 11 is 0. The molecular weight excluding hydrogens is 279 g/mol. The monoisotopic (exact) mass is 300 g/mol. The van der Waals surface area contributed by atoms with Crippen LogP contribution in [0.5, 0.6) is 0 Å². The predicted octanol–water partition coefficient (Wildman–Crippen LogP) is -2.39. The number of amides is 1. The standard InChI is InChI=1S/C9H20N2O.HI/c1-5-6-9(12)10-7-8-11(2,3)4;/h5-8H2,1-4H3;1H. The van der Waals surface area contributed by atoms with Gasteiger partial charge < -0.3 is 33.8 Å². The summed E-state index contributed by atoms with van der Waals surface area (Å²) in [6.07, 6.45) is 1.58. The van der Waals surface area contributed by atoms with Crippen LogP contribution in [0.2, 0.25) is 0 Å². The number of carbonyl (C=O) groups is 1. The first-order valence-corrected chi connectivity index (χ1v) is 4.53. The second-order valence-corrected chi connectivity index (χ2v) is 4.11. The Labute approximate surface area is 98.5 Å². The molecule has 13 heavy (non-hydrogen) atoms. The molecule has 1 amide bonds. The molecule has 0 bridgehead atoms. The van der Waals surface area contributed by atoms with E-state index in [1.54, 1.807) is 0 Å². The highest BCUT2D eigenvalue weighted by atomic mass is 127. The zero-order chi connectivity index (χ0) is 9.61. The maximum atomic E-state index is 11.0. The Kier molecular flexibility index (Phi) is 9.08. The molecule has 0 aromatic carbocycles. The quantitative estimate of drug-likeness (QED) is 0.446. The van der Waals surface area contributed by atoms with Crippen LogP contribution in [0.1, 0.15) is 19.8 Å². The maximum absolute atomic E-state index is 11.0. The zero-order valence-corrected chi connectivity index (χ0v) is 11.2. The number of halogens is 1. The zero-order valence-electron chi connectivity index (χ0n) is 9.06. The SMILES string of the molecule is CCCC(=O)NCC[N+](C)(C)C.[I-]. The first-order valence-electron chi connectivity index (χ1n) is 4.53. The van der Waals surface area contributed by atoms with Gasteiger partial charge in [-0.2, -0.15) is 0 Å². The maximum Gasteiger partial charge on any atom is 0.220 e. The molecule has 1 N–H and O–H groups in total. The third kappa shape index (κ3) is 12.2. The molecule has 4 heteroatoms. The molecule has 0 aromatic rings. The normalized spacial score (nSPS) is 10.5. The first kappa shape index (κ1) is 15.6. The Morgan fingerprint density at radius 3 is 2.23 bits per heavy atom. The van der Waals surface area contributed by atoms with E-state index in [0.717, 1.165) is 24.0 Å². The van der Waals surface area contributed by atoms with Crippen molar-refractivity contribution < 1.29 is 33.3 Å². The Hall–Kier alpha value is 0.160. The minimum Gasteiger partial charge on any atom is -1.00 e. The van der Waals surface area contributed by atoms with E-state index in [4.69, 9.17) is 0 Å². The highest BCUT2D eigenvalue weighted by Crippen LogP contribution is 1.88. The molecule has 0 aliphatic rings. The van der Waals surface area contributed by atoms with Crippen LogP contribution in [0.25, 0.3) is 0 Å². The molecule has 0 aliphatic heterocycles. The lowest BCUT2D eigenvalue weighted by Crippen LogP contribution is -3.00. The van der Waals surface area contributed by atoms with Gasteiger partial charge in [0.2, 0.25) is 5.91 Å². The van der Waals surface area contributed by atoms with Crippen LogP contribution in [0.15, 0.2) is 0 Å². The van der Waals surface area contributed by atoms with E-state index in [-0.39, 0.29) is 29.9 Å². The number of nitrogens with one attached hydrogen (secondary N) is 1. The molecule has 0 spiro atoms. The highest BCUT2D eigenvalue weighted by Gasteiger charge is 2.06. The summed E-state index contributed by atoms with van der Waals surface area (Å²) in [5, 5.41) is 2.89. The second kappa shape index (κ2) is 7.55. The third-order valence-corrected chi connectivity index (χ3v) is 1.58. The summed E-state index contributed by atoms with van der Waals surface area (Å²) in [4.78, 5) is 11.0. The molecule has 0 atom stereocenters. The topological polar surface area (TPSA) is 29.1 Å². The van der Waals surface area contributed by atoms with Gasteiger partial charge in [0.1, 0.15) is 0 Å². The highest BCUT2D eigenvalue weighted by molar-refractivity contribution is 5.75. The molecule has 0 heterocycles. The van der Waals surface area contributed by atoms with Gasteiger partial charge in [0.25, 0.3) is 0 Å². The van der Waals surface area contributed by atoms with Crippen LogP contribution < -0.4 is 29.3 Å². The molecule has 0 rings (SSSR count). The van der Waals surface area contributed by atoms with Crippen molar-refractivity contribution >= 4 is 5.91 Å². The first-order chi connectivity index (χ1) is 5.45. The van der Waals surface area contributed by atoms with Gasteiger partial charge in [-0.3, -0.25) is 4.79 Å². The lowest BCUT2D eigenvalue weighted by atomic mass is 10.3. The van der Waals surface area contributed by atoms with Gasteiger partial charge in [-0.05, 0) is 6.42 Å². The van der Waals surface area contributed by atoms with Gasteiger partial charge in [-0.1, -0.05) is 6.92 Å². The fourth-order valence-electron chi connectivity index (χ4n) is 0.846. The Balaban J connectivity index is 0. The number of nitrogens with zero attached hydrogens (tertiary/aromatic N) is 1. The van der Waals surface area contributed by atoms with Crippen molar-refractivity contribution in [3.8, 4) is 0 Å². The van der Waals surface area contributed by atoms with Crippen molar-refractivity contribution in [3.63, 3.8) is 0 Å². The molecule has 0 radical (unpaired) electrons. The number of likely N-dealkylation sites (N-methyl/N-ethyl adjacent to an activating group) is 1. The van der Waals surface area contributed by atoms with Gasteiger partial charge in [0.15, 0.2) is 0 Å². The average molecular weight is 300 g/mol. The molecule has 3 nitrogen and oxygen atoms in total. The molecule has 0 aliphatic carbocycles. The average Bonchev–Trinajstić information content (AvgIpc) is 1.84. The Morgan fingerprint density at radius 1 is 1.31 bits per heavy atom. The summed E-state index contributed by atoms with van der Waals surface area (Å²) in [6.45, 7) is 3.77. The van der Waals surface area contributed by atoms with Crippen LogP contribution >= 0.6 is 0 Å². The molecule has 0 aromatic heterocycles. The van der Waals surface area contributed by atoms with E-state index in [9.17, 15) is 4.79 Å². The van der Waals surface area contributed by atoms with Crippen molar-refractivity contribution in [2.45, 2.75) is 19.8 Å². The Morgan fingerprint density at radius 2 is 1.85 bits per heavy atom. The van der Waals surface area contributed by atoms with Crippen LogP contribution in [-0.2, 0) is 4.79 Å². The van der Waals surface area contributed by atoms with Gasteiger partial charge in [-0.25, -0.2) is 0 Å². The fraction of sp³-hybridized carbons (Fsp3) is 0.889. The number of quaternary nitrogens is 1. The van der Waals surface area contributed by atoms with Crippen LogP contribution in [0, 0.1) is 0 Å². The predicted molar refractivity (Wildman–Crippen MR) is 50.8 cm³/mol. The van der Waals surface area contributed by atoms with Gasteiger partial charge in [0.05, 0.1) is 34.2 Å². The lowest BCUT2D eigenvalue weighted by molar-refractivity contribution is -0.869. The van der Waals surface area contributed by atoms with Gasteiger partial charge in [-0.15, -0.1) is 0 Å². The van der Waals surface area contributed by atoms with Crippen molar-refractivity contribution in [1.29, 1.82) is 0 Å². The van der Waals surface area contributed by atoms with E-state index >= 15 is 0 Å². The largest absolute Gasteiger partial charge is 1.00 e. The molecular formula is C9H21IN2O. The lowest BCUT2D eigenvalue weighted by Gasteiger charge is -2.23. The third-order valence-electron chi connectivity index (χ3n) is 1.58. The summed E-state index contributed by atoms with van der Waals surface area (Å²) in [5.74, 6) is 0.172. The number of rotatable bonds is 5. The molecule has 0 saturated carbocycles. The van der Waals surface area contributed by atoms with Crippen molar-refractivity contribution in [2.75, 3.05) is 34.2 Å². The van der Waals surface area contributed by atoms with E-state index in [1.807, 2.05) is 6.92 Å². The van der Waals surface area contributed by atoms with Crippen molar-refractivity contribution in [1.82, 2.24) is 5.32 Å². The summed E-state index contributed by atoms with van der Waals surface area (Å²) < 4.78 is 0.895.